The van der Waals surface area contributed by atoms with Gasteiger partial charge in [0.2, 0.25) is 0 Å². The van der Waals surface area contributed by atoms with Crippen LogP contribution in [0.5, 0.6) is 0 Å². The molecule has 0 heterocycles. The molecule has 0 radical (unpaired) electrons. The molecule has 0 aliphatic rings. The predicted octanol–water partition coefficient (Wildman–Crippen LogP) is 2.97. The first-order chi connectivity index (χ1) is 6.38. The second kappa shape index (κ2) is 3.82. The van der Waals surface area contributed by atoms with E-state index in [0.717, 1.165) is 12.0 Å². The number of carbonyl (C=O) groups is 1. The fourth-order valence-electron chi connectivity index (χ4n) is 1.43. The molecule has 2 nitrogen and oxygen atoms in total. The van der Waals surface area contributed by atoms with Crippen molar-refractivity contribution in [3.63, 3.8) is 0 Å². The highest BCUT2D eigenvalue weighted by molar-refractivity contribution is 5.87. The number of hydrogen-bond acceptors (Lipinski definition) is 1. The molecular formula is C12H16O2. The van der Waals surface area contributed by atoms with Gasteiger partial charge in [-0.1, -0.05) is 32.9 Å². The van der Waals surface area contributed by atoms with E-state index in [9.17, 15) is 4.79 Å². The number of carboxylic acids is 1. The molecule has 1 rings (SSSR count). The van der Waals surface area contributed by atoms with Gasteiger partial charge in [0.25, 0.3) is 0 Å². The first-order valence-corrected chi connectivity index (χ1v) is 4.71. The van der Waals surface area contributed by atoms with Gasteiger partial charge >= 0.3 is 5.97 Å². The molecule has 0 aliphatic heterocycles. The number of rotatable bonds is 2. The van der Waals surface area contributed by atoms with Gasteiger partial charge in [-0.3, -0.25) is 0 Å². The summed E-state index contributed by atoms with van der Waals surface area (Å²) >= 11 is 0. The van der Waals surface area contributed by atoms with Gasteiger partial charge in [0, 0.05) is 0 Å². The van der Waals surface area contributed by atoms with Crippen molar-refractivity contribution >= 4 is 5.97 Å². The molecule has 0 aromatic heterocycles. The molecule has 0 unspecified atom stereocenters. The molecule has 0 amide bonds. The summed E-state index contributed by atoms with van der Waals surface area (Å²) in [7, 11) is 0. The van der Waals surface area contributed by atoms with Gasteiger partial charge in [-0.2, -0.15) is 0 Å². The van der Waals surface area contributed by atoms with Crippen LogP contribution in [0.15, 0.2) is 24.3 Å². The van der Waals surface area contributed by atoms with Crippen LogP contribution in [-0.2, 0) is 6.42 Å². The van der Waals surface area contributed by atoms with Crippen LogP contribution in [-0.4, -0.2) is 11.1 Å². The molecule has 0 fully saturated rings. The van der Waals surface area contributed by atoms with Crippen molar-refractivity contribution in [3.8, 4) is 0 Å². The first-order valence-electron chi connectivity index (χ1n) is 4.71. The molecular weight excluding hydrogens is 176 g/mol. The molecule has 1 N–H and O–H groups in total. The number of hydrogen-bond donors (Lipinski definition) is 1. The molecule has 14 heavy (non-hydrogen) atoms. The highest BCUT2D eigenvalue weighted by Gasteiger charge is 2.12. The lowest BCUT2D eigenvalue weighted by atomic mass is 9.88. The van der Waals surface area contributed by atoms with Gasteiger partial charge in [-0.15, -0.1) is 0 Å². The Kier molecular flexibility index (Phi) is 2.94. The quantitative estimate of drug-likeness (QED) is 0.782. The summed E-state index contributed by atoms with van der Waals surface area (Å²) in [5.74, 6) is -0.860. The molecule has 0 saturated carbocycles. The lowest BCUT2D eigenvalue weighted by Gasteiger charge is -2.18. The molecule has 1 aromatic rings. The topological polar surface area (TPSA) is 37.3 Å². The van der Waals surface area contributed by atoms with E-state index in [0.29, 0.717) is 5.56 Å². The summed E-state index contributed by atoms with van der Waals surface area (Å²) in [5.41, 5.74) is 1.64. The van der Waals surface area contributed by atoms with Crippen LogP contribution in [0.3, 0.4) is 0 Å². The normalized spacial score (nSPS) is 11.4. The third-order valence-corrected chi connectivity index (χ3v) is 1.91. The second-order valence-corrected chi connectivity index (χ2v) is 4.74. The summed E-state index contributed by atoms with van der Waals surface area (Å²) < 4.78 is 0. The van der Waals surface area contributed by atoms with Crippen molar-refractivity contribution in [2.75, 3.05) is 0 Å². The minimum Gasteiger partial charge on any atom is -0.478 e. The highest BCUT2D eigenvalue weighted by atomic mass is 16.4. The molecule has 0 spiro atoms. The van der Waals surface area contributed by atoms with E-state index in [1.54, 1.807) is 18.2 Å². The minimum atomic E-state index is -0.860. The van der Waals surface area contributed by atoms with Crippen LogP contribution in [0.1, 0.15) is 36.7 Å². The summed E-state index contributed by atoms with van der Waals surface area (Å²) in [5, 5.41) is 8.81. The summed E-state index contributed by atoms with van der Waals surface area (Å²) in [6, 6.07) is 7.13. The van der Waals surface area contributed by atoms with Gasteiger partial charge in [0.15, 0.2) is 0 Å². The number of carboxylic acid groups (broad SMARTS) is 1. The Hall–Kier alpha value is -1.31. The SMILES string of the molecule is CC(C)(C)Cc1cccc(C(=O)O)c1. The fourth-order valence-corrected chi connectivity index (χ4v) is 1.43. The monoisotopic (exact) mass is 192 g/mol. The lowest BCUT2D eigenvalue weighted by Crippen LogP contribution is -2.09. The number of benzene rings is 1. The average molecular weight is 192 g/mol. The van der Waals surface area contributed by atoms with E-state index in [2.05, 4.69) is 20.8 Å². The van der Waals surface area contributed by atoms with E-state index in [-0.39, 0.29) is 5.41 Å². The van der Waals surface area contributed by atoms with E-state index < -0.39 is 5.97 Å². The van der Waals surface area contributed by atoms with Crippen molar-refractivity contribution in [1.82, 2.24) is 0 Å². The molecule has 0 bridgehead atoms. The van der Waals surface area contributed by atoms with Crippen molar-refractivity contribution < 1.29 is 9.90 Å². The van der Waals surface area contributed by atoms with Gasteiger partial charge in [-0.05, 0) is 29.5 Å². The van der Waals surface area contributed by atoms with Crippen LogP contribution in [0.4, 0.5) is 0 Å². The average Bonchev–Trinajstić information content (AvgIpc) is 2.01. The predicted molar refractivity (Wildman–Crippen MR) is 56.6 cm³/mol. The smallest absolute Gasteiger partial charge is 0.335 e. The largest absolute Gasteiger partial charge is 0.478 e. The molecule has 76 valence electrons. The minimum absolute atomic E-state index is 0.192. The Morgan fingerprint density at radius 1 is 1.36 bits per heavy atom. The lowest BCUT2D eigenvalue weighted by molar-refractivity contribution is 0.0696. The van der Waals surface area contributed by atoms with Gasteiger partial charge in [0.1, 0.15) is 0 Å². The van der Waals surface area contributed by atoms with Gasteiger partial charge in [0.05, 0.1) is 5.56 Å². The molecule has 0 aliphatic carbocycles. The zero-order valence-electron chi connectivity index (χ0n) is 8.87. The van der Waals surface area contributed by atoms with Crippen molar-refractivity contribution in [1.29, 1.82) is 0 Å². The zero-order chi connectivity index (χ0) is 10.8. The van der Waals surface area contributed by atoms with E-state index in [4.69, 9.17) is 5.11 Å². The summed E-state index contributed by atoms with van der Waals surface area (Å²) in [6.07, 6.45) is 0.897. The molecule has 0 atom stereocenters. The van der Waals surface area contributed by atoms with Crippen LogP contribution < -0.4 is 0 Å². The third kappa shape index (κ3) is 3.21. The zero-order valence-corrected chi connectivity index (χ0v) is 8.87. The molecule has 2 heteroatoms. The summed E-state index contributed by atoms with van der Waals surface area (Å²) in [4.78, 5) is 10.7. The maximum atomic E-state index is 10.7. The Labute approximate surface area is 84.6 Å². The molecule has 0 saturated heterocycles. The second-order valence-electron chi connectivity index (χ2n) is 4.74. The Morgan fingerprint density at radius 2 is 2.00 bits per heavy atom. The van der Waals surface area contributed by atoms with E-state index in [1.807, 2.05) is 6.07 Å². The maximum absolute atomic E-state index is 10.7. The molecule has 1 aromatic carbocycles. The highest BCUT2D eigenvalue weighted by Crippen LogP contribution is 2.20. The van der Waals surface area contributed by atoms with E-state index >= 15 is 0 Å². The fraction of sp³-hybridized carbons (Fsp3) is 0.417. The Bertz CT molecular complexity index is 334. The van der Waals surface area contributed by atoms with Crippen molar-refractivity contribution in [3.05, 3.63) is 35.4 Å². The van der Waals surface area contributed by atoms with Gasteiger partial charge < -0.3 is 5.11 Å². The van der Waals surface area contributed by atoms with Gasteiger partial charge in [-0.25, -0.2) is 4.79 Å². The van der Waals surface area contributed by atoms with Crippen LogP contribution in [0.25, 0.3) is 0 Å². The van der Waals surface area contributed by atoms with Crippen LogP contribution in [0.2, 0.25) is 0 Å². The van der Waals surface area contributed by atoms with Crippen LogP contribution >= 0.6 is 0 Å². The standard InChI is InChI=1S/C12H16O2/c1-12(2,3)8-9-5-4-6-10(7-9)11(13)14/h4-7H,8H2,1-3H3,(H,13,14). The van der Waals surface area contributed by atoms with Crippen molar-refractivity contribution in [2.24, 2.45) is 5.41 Å². The van der Waals surface area contributed by atoms with Crippen molar-refractivity contribution in [2.45, 2.75) is 27.2 Å². The summed E-state index contributed by atoms with van der Waals surface area (Å²) in [6.45, 7) is 6.42. The maximum Gasteiger partial charge on any atom is 0.335 e. The third-order valence-electron chi connectivity index (χ3n) is 1.91. The van der Waals surface area contributed by atoms with E-state index in [1.165, 1.54) is 0 Å². The van der Waals surface area contributed by atoms with Crippen LogP contribution in [0, 0.1) is 5.41 Å². The number of aromatic carboxylic acids is 1. The first kappa shape index (κ1) is 10.8. The Balaban J connectivity index is 2.89. The Morgan fingerprint density at radius 3 is 2.50 bits per heavy atom.